The maximum Gasteiger partial charge on any atom is 0.325 e. The van der Waals surface area contributed by atoms with Crippen molar-refractivity contribution in [2.24, 2.45) is 0 Å². The molecule has 0 fully saturated rings. The van der Waals surface area contributed by atoms with Crippen molar-refractivity contribution in [3.63, 3.8) is 0 Å². The Kier molecular flexibility index (Phi) is 8.38. The molecule has 0 aliphatic carbocycles. The van der Waals surface area contributed by atoms with Crippen LogP contribution in [0, 0.1) is 13.8 Å². The lowest BCUT2D eigenvalue weighted by Crippen LogP contribution is -2.37. The average molecular weight is 423 g/mol. The number of ether oxygens (including phenoxy) is 3. The zero-order valence-corrected chi connectivity index (χ0v) is 18.1. The largest absolute Gasteiger partial charge is 0.497 e. The highest BCUT2D eigenvalue weighted by Crippen LogP contribution is 2.24. The van der Waals surface area contributed by atoms with Crippen LogP contribution in [0.25, 0.3) is 0 Å². The van der Waals surface area contributed by atoms with E-state index >= 15 is 0 Å². The van der Waals surface area contributed by atoms with Crippen molar-refractivity contribution >= 4 is 23.6 Å². The van der Waals surface area contributed by atoms with Crippen molar-refractivity contribution < 1.29 is 28.3 Å². The Morgan fingerprint density at radius 2 is 1.76 bits per heavy atom. The van der Waals surface area contributed by atoms with Gasteiger partial charge in [-0.1, -0.05) is 5.16 Å². The summed E-state index contributed by atoms with van der Waals surface area (Å²) in [5.41, 5.74) is 2.59. The average Bonchev–Trinajstić information content (AvgIpc) is 3.04. The van der Waals surface area contributed by atoms with Gasteiger partial charge >= 0.3 is 5.97 Å². The van der Waals surface area contributed by atoms with Crippen molar-refractivity contribution in [2.75, 3.05) is 33.6 Å². The Balaban J connectivity index is 2.08. The van der Waals surface area contributed by atoms with Gasteiger partial charge in [0, 0.05) is 23.9 Å². The van der Waals surface area contributed by atoms with Crippen molar-refractivity contribution in [3.8, 4) is 11.5 Å². The highest BCUT2D eigenvalue weighted by atomic mass is 32.2. The van der Waals surface area contributed by atoms with E-state index in [1.54, 1.807) is 32.4 Å². The first kappa shape index (κ1) is 22.6. The monoisotopic (exact) mass is 422 g/mol. The number of carbonyl (C=O) groups is 2. The molecule has 0 saturated heterocycles. The maximum absolute atomic E-state index is 12.8. The number of hydrogen-bond acceptors (Lipinski definition) is 8. The van der Waals surface area contributed by atoms with Gasteiger partial charge in [-0.3, -0.25) is 9.59 Å². The first-order chi connectivity index (χ1) is 13.9. The molecule has 0 unspecified atom stereocenters. The Morgan fingerprint density at radius 3 is 2.28 bits per heavy atom. The number of aromatic nitrogens is 1. The lowest BCUT2D eigenvalue weighted by molar-refractivity contribution is -0.146. The van der Waals surface area contributed by atoms with Crippen LogP contribution in [-0.2, 0) is 26.6 Å². The van der Waals surface area contributed by atoms with E-state index < -0.39 is 5.97 Å². The minimum atomic E-state index is -0.482. The second-order valence-corrected chi connectivity index (χ2v) is 7.33. The van der Waals surface area contributed by atoms with Crippen molar-refractivity contribution in [1.29, 1.82) is 0 Å². The van der Waals surface area contributed by atoms with Gasteiger partial charge in [-0.15, -0.1) is 11.8 Å². The van der Waals surface area contributed by atoms with Gasteiger partial charge < -0.3 is 23.6 Å². The molecular weight excluding hydrogens is 396 g/mol. The van der Waals surface area contributed by atoms with Gasteiger partial charge in [0.15, 0.2) is 0 Å². The van der Waals surface area contributed by atoms with E-state index in [1.807, 2.05) is 13.8 Å². The predicted molar refractivity (Wildman–Crippen MR) is 109 cm³/mol. The number of benzene rings is 1. The highest BCUT2D eigenvalue weighted by Gasteiger charge is 2.19. The molecule has 0 aliphatic rings. The van der Waals surface area contributed by atoms with E-state index in [0.29, 0.717) is 17.3 Å². The third-order valence-corrected chi connectivity index (χ3v) is 5.28. The lowest BCUT2D eigenvalue weighted by atomic mass is 10.2. The van der Waals surface area contributed by atoms with Crippen molar-refractivity contribution in [3.05, 3.63) is 40.8 Å². The van der Waals surface area contributed by atoms with Gasteiger partial charge in [0.1, 0.15) is 23.8 Å². The number of amides is 1. The fraction of sp³-hybridized carbons (Fsp3) is 0.450. The number of thioether (sulfide) groups is 1. The van der Waals surface area contributed by atoms with Gasteiger partial charge in [-0.05, 0) is 31.5 Å². The topological polar surface area (TPSA) is 91.1 Å². The summed E-state index contributed by atoms with van der Waals surface area (Å²) >= 11 is 1.44. The molecular formula is C20H26N2O6S. The Hall–Kier alpha value is -2.68. The Bertz CT molecular complexity index is 810. The standard InChI is InChI=1S/C20H26N2O6S/c1-13-18(14(2)28-21-13)11-29-12-19(23)22(10-20(24)27-5)9-15-6-16(25-3)8-17(7-15)26-4/h6-8H,9-12H2,1-5H3. The summed E-state index contributed by atoms with van der Waals surface area (Å²) in [4.78, 5) is 26.1. The van der Waals surface area contributed by atoms with Crippen LogP contribution in [0.2, 0.25) is 0 Å². The van der Waals surface area contributed by atoms with E-state index in [-0.39, 0.29) is 24.7 Å². The summed E-state index contributed by atoms with van der Waals surface area (Å²) in [6.45, 7) is 3.81. The van der Waals surface area contributed by atoms with Crippen LogP contribution < -0.4 is 9.47 Å². The molecule has 0 saturated carbocycles. The number of aryl methyl sites for hydroxylation is 2. The smallest absolute Gasteiger partial charge is 0.325 e. The normalized spacial score (nSPS) is 10.5. The molecule has 1 aromatic carbocycles. The molecule has 1 aromatic heterocycles. The highest BCUT2D eigenvalue weighted by molar-refractivity contribution is 7.99. The summed E-state index contributed by atoms with van der Waals surface area (Å²) in [5, 5.41) is 3.92. The van der Waals surface area contributed by atoms with Gasteiger partial charge in [0.2, 0.25) is 5.91 Å². The number of esters is 1. The second kappa shape index (κ2) is 10.8. The van der Waals surface area contributed by atoms with E-state index in [2.05, 4.69) is 5.16 Å². The number of methoxy groups -OCH3 is 3. The first-order valence-electron chi connectivity index (χ1n) is 8.94. The zero-order chi connectivity index (χ0) is 21.4. The minimum Gasteiger partial charge on any atom is -0.497 e. The zero-order valence-electron chi connectivity index (χ0n) is 17.3. The van der Waals surface area contributed by atoms with Gasteiger partial charge in [-0.25, -0.2) is 0 Å². The number of rotatable bonds is 10. The number of carbonyl (C=O) groups excluding carboxylic acids is 2. The summed E-state index contributed by atoms with van der Waals surface area (Å²) in [6.07, 6.45) is 0. The second-order valence-electron chi connectivity index (χ2n) is 6.34. The fourth-order valence-electron chi connectivity index (χ4n) is 2.67. The predicted octanol–water partition coefficient (Wildman–Crippen LogP) is 2.74. The van der Waals surface area contributed by atoms with Gasteiger partial charge in [0.25, 0.3) is 0 Å². The summed E-state index contributed by atoms with van der Waals surface area (Å²) in [6, 6.07) is 5.35. The molecule has 0 spiro atoms. The van der Waals surface area contributed by atoms with E-state index in [0.717, 1.165) is 22.6 Å². The SMILES string of the molecule is COC(=O)CN(Cc1cc(OC)cc(OC)c1)C(=O)CSCc1c(C)noc1C. The molecule has 29 heavy (non-hydrogen) atoms. The molecule has 0 bridgehead atoms. The summed E-state index contributed by atoms with van der Waals surface area (Å²) < 4.78 is 20.4. The van der Waals surface area contributed by atoms with E-state index in [4.69, 9.17) is 18.7 Å². The van der Waals surface area contributed by atoms with Crippen molar-refractivity contribution in [1.82, 2.24) is 10.1 Å². The van der Waals surface area contributed by atoms with Crippen molar-refractivity contribution in [2.45, 2.75) is 26.1 Å². The lowest BCUT2D eigenvalue weighted by Gasteiger charge is -2.22. The molecule has 0 radical (unpaired) electrons. The molecule has 0 N–H and O–H groups in total. The van der Waals surface area contributed by atoms with Crippen LogP contribution in [0.5, 0.6) is 11.5 Å². The Morgan fingerprint density at radius 1 is 1.10 bits per heavy atom. The van der Waals surface area contributed by atoms with Gasteiger partial charge in [0.05, 0.1) is 32.8 Å². The maximum atomic E-state index is 12.8. The van der Waals surface area contributed by atoms with Crippen LogP contribution in [-0.4, -0.2) is 55.6 Å². The molecule has 9 heteroatoms. The minimum absolute atomic E-state index is 0.138. The van der Waals surface area contributed by atoms with Crippen LogP contribution in [0.3, 0.4) is 0 Å². The molecule has 0 aliphatic heterocycles. The molecule has 2 aromatic rings. The fourth-order valence-corrected chi connectivity index (χ4v) is 3.75. The molecule has 8 nitrogen and oxygen atoms in total. The van der Waals surface area contributed by atoms with Crippen LogP contribution in [0.15, 0.2) is 22.7 Å². The molecule has 2 rings (SSSR count). The summed E-state index contributed by atoms with van der Waals surface area (Å²) in [5.74, 6) is 2.12. The molecule has 0 atom stereocenters. The van der Waals surface area contributed by atoms with E-state index in [9.17, 15) is 9.59 Å². The first-order valence-corrected chi connectivity index (χ1v) is 10.1. The summed E-state index contributed by atoms with van der Waals surface area (Å²) in [7, 11) is 4.41. The molecule has 1 amide bonds. The quantitative estimate of drug-likeness (QED) is 0.540. The van der Waals surface area contributed by atoms with Crippen LogP contribution in [0.4, 0.5) is 0 Å². The molecule has 158 valence electrons. The van der Waals surface area contributed by atoms with Gasteiger partial charge in [-0.2, -0.15) is 0 Å². The molecule has 1 heterocycles. The van der Waals surface area contributed by atoms with Crippen LogP contribution >= 0.6 is 11.8 Å². The van der Waals surface area contributed by atoms with E-state index in [1.165, 1.54) is 23.8 Å². The van der Waals surface area contributed by atoms with Crippen LogP contribution in [0.1, 0.15) is 22.6 Å². The number of hydrogen-bond donors (Lipinski definition) is 0. The number of nitrogens with zero attached hydrogens (tertiary/aromatic N) is 2. The Labute approximate surface area is 174 Å². The third-order valence-electron chi connectivity index (χ3n) is 4.34. The third kappa shape index (κ3) is 6.42.